The first-order chi connectivity index (χ1) is 13.7. The molecule has 0 aliphatic carbocycles. The maximum atomic E-state index is 13.1. The second kappa shape index (κ2) is 10.3. The van der Waals surface area contributed by atoms with Crippen LogP contribution in [0.2, 0.25) is 0 Å². The summed E-state index contributed by atoms with van der Waals surface area (Å²) in [4.78, 5) is 25.5. The number of ketones is 1. The highest BCUT2D eigenvalue weighted by atomic mass is 16.5. The first kappa shape index (κ1) is 25.9. The minimum atomic E-state index is -1.27. The molecule has 0 spiro atoms. The van der Waals surface area contributed by atoms with Crippen molar-refractivity contribution < 1.29 is 24.5 Å². The lowest BCUT2D eigenvalue weighted by atomic mass is 9.76. The second-order valence-corrected chi connectivity index (χ2v) is 9.55. The summed E-state index contributed by atoms with van der Waals surface area (Å²) in [6.07, 6.45) is 6.66. The quantitative estimate of drug-likeness (QED) is 0.216. The standard InChI is InChI=1S/C25H38O5/c1-16(2)11-13-25(15-26,14-12-17(3)4)23(28)21(22(27)18(5)6)19-9-10-20(30-19)24(7,8)29/h9,11-12,15,18,20,28-29H,10,13-14H2,1-8H3/b23-21-. The molecule has 0 radical (unpaired) electrons. The van der Waals surface area contributed by atoms with Crippen LogP contribution in [0.5, 0.6) is 0 Å². The summed E-state index contributed by atoms with van der Waals surface area (Å²) in [6, 6.07) is 0. The number of aliphatic hydroxyl groups is 2. The number of Topliss-reactive ketones (excluding diaryl/α,β-unsaturated/α-hetero) is 1. The average molecular weight is 419 g/mol. The fourth-order valence-corrected chi connectivity index (χ4v) is 3.15. The van der Waals surface area contributed by atoms with E-state index in [2.05, 4.69) is 0 Å². The summed E-state index contributed by atoms with van der Waals surface area (Å²) >= 11 is 0. The van der Waals surface area contributed by atoms with Crippen molar-refractivity contribution in [3.63, 3.8) is 0 Å². The summed E-state index contributed by atoms with van der Waals surface area (Å²) in [7, 11) is 0. The Labute approximate surface area is 181 Å². The highest BCUT2D eigenvalue weighted by Crippen LogP contribution is 2.40. The van der Waals surface area contributed by atoms with Crippen LogP contribution >= 0.6 is 0 Å². The van der Waals surface area contributed by atoms with Gasteiger partial charge in [-0.2, -0.15) is 0 Å². The molecule has 168 valence electrons. The van der Waals surface area contributed by atoms with E-state index in [1.807, 2.05) is 39.8 Å². The molecule has 1 rings (SSSR count). The van der Waals surface area contributed by atoms with Crippen molar-refractivity contribution in [1.29, 1.82) is 0 Å². The molecule has 0 fully saturated rings. The molecule has 2 N–H and O–H groups in total. The van der Waals surface area contributed by atoms with E-state index in [0.717, 1.165) is 17.4 Å². The number of hydrogen-bond donors (Lipinski definition) is 2. The van der Waals surface area contributed by atoms with Gasteiger partial charge in [-0.25, -0.2) is 0 Å². The third-order valence-electron chi connectivity index (χ3n) is 5.27. The Balaban J connectivity index is 3.65. The highest BCUT2D eigenvalue weighted by molar-refractivity contribution is 6.01. The van der Waals surface area contributed by atoms with Crippen molar-refractivity contribution in [1.82, 2.24) is 0 Å². The van der Waals surface area contributed by atoms with Gasteiger partial charge in [-0.1, -0.05) is 37.1 Å². The van der Waals surface area contributed by atoms with Crippen molar-refractivity contribution in [2.75, 3.05) is 0 Å². The van der Waals surface area contributed by atoms with Crippen LogP contribution in [-0.2, 0) is 14.3 Å². The summed E-state index contributed by atoms with van der Waals surface area (Å²) in [5.41, 5.74) is -0.312. The van der Waals surface area contributed by atoms with Crippen molar-refractivity contribution >= 4 is 12.1 Å². The van der Waals surface area contributed by atoms with Gasteiger partial charge in [0.1, 0.15) is 23.9 Å². The molecule has 1 aliphatic rings. The molecule has 1 aliphatic heterocycles. The lowest BCUT2D eigenvalue weighted by Crippen LogP contribution is -2.36. The Morgan fingerprint density at radius 2 is 1.67 bits per heavy atom. The Morgan fingerprint density at radius 1 is 1.17 bits per heavy atom. The second-order valence-electron chi connectivity index (χ2n) is 9.55. The van der Waals surface area contributed by atoms with Gasteiger partial charge in [0.15, 0.2) is 5.78 Å². The van der Waals surface area contributed by atoms with E-state index in [-0.39, 0.29) is 35.7 Å². The van der Waals surface area contributed by atoms with Gasteiger partial charge in [-0.05, 0) is 60.5 Å². The predicted octanol–water partition coefficient (Wildman–Crippen LogP) is 5.37. The molecule has 0 bridgehead atoms. The first-order valence-electron chi connectivity index (χ1n) is 10.6. The van der Waals surface area contributed by atoms with Crippen LogP contribution in [0.4, 0.5) is 0 Å². The van der Waals surface area contributed by atoms with E-state index in [4.69, 9.17) is 4.74 Å². The summed E-state index contributed by atoms with van der Waals surface area (Å²) < 4.78 is 5.90. The maximum Gasteiger partial charge on any atom is 0.172 e. The molecular weight excluding hydrogens is 380 g/mol. The average Bonchev–Trinajstić information content (AvgIpc) is 3.12. The molecule has 0 aromatic heterocycles. The maximum absolute atomic E-state index is 13.1. The minimum Gasteiger partial charge on any atom is -0.510 e. The van der Waals surface area contributed by atoms with Crippen molar-refractivity contribution in [3.05, 3.63) is 46.5 Å². The van der Waals surface area contributed by atoms with Gasteiger partial charge in [0.2, 0.25) is 0 Å². The van der Waals surface area contributed by atoms with Gasteiger partial charge < -0.3 is 19.7 Å². The Morgan fingerprint density at radius 3 is 2.00 bits per heavy atom. The molecule has 1 heterocycles. The topological polar surface area (TPSA) is 83.8 Å². The number of aldehydes is 1. The van der Waals surface area contributed by atoms with Crippen LogP contribution < -0.4 is 0 Å². The fraction of sp³-hybridized carbons (Fsp3) is 0.600. The number of hydrogen-bond acceptors (Lipinski definition) is 5. The molecule has 30 heavy (non-hydrogen) atoms. The normalized spacial score (nSPS) is 17.7. The lowest BCUT2D eigenvalue weighted by Gasteiger charge is -2.30. The van der Waals surface area contributed by atoms with Gasteiger partial charge in [0.05, 0.1) is 16.6 Å². The molecule has 0 aromatic rings. The molecule has 0 amide bonds. The third-order valence-corrected chi connectivity index (χ3v) is 5.27. The zero-order valence-electron chi connectivity index (χ0n) is 19.7. The van der Waals surface area contributed by atoms with Crippen LogP contribution in [-0.4, -0.2) is 34.0 Å². The van der Waals surface area contributed by atoms with Crippen molar-refractivity contribution in [2.45, 2.75) is 86.4 Å². The SMILES string of the molecule is CC(C)=CCC(C=O)(CC=C(C)C)/C(O)=C(/C(=O)C(C)C)C1=CCC(C(C)(C)O)O1. The molecule has 1 atom stereocenters. The summed E-state index contributed by atoms with van der Waals surface area (Å²) in [6.45, 7) is 14.5. The van der Waals surface area contributed by atoms with Crippen molar-refractivity contribution in [3.8, 4) is 0 Å². The number of aliphatic hydroxyl groups excluding tert-OH is 1. The highest BCUT2D eigenvalue weighted by Gasteiger charge is 2.41. The fourth-order valence-electron chi connectivity index (χ4n) is 3.15. The number of carbonyl (C=O) groups is 2. The van der Waals surface area contributed by atoms with E-state index in [1.54, 1.807) is 33.8 Å². The number of carbonyl (C=O) groups excluding carboxylic acids is 2. The van der Waals surface area contributed by atoms with Gasteiger partial charge in [0, 0.05) is 12.3 Å². The summed E-state index contributed by atoms with van der Waals surface area (Å²) in [5.74, 6) is -0.729. The molecule has 0 aromatic carbocycles. The molecule has 0 saturated carbocycles. The molecular formula is C25H38O5. The van der Waals surface area contributed by atoms with Crippen LogP contribution in [0.15, 0.2) is 46.5 Å². The number of ether oxygens (including phenoxy) is 1. The van der Waals surface area contributed by atoms with Crippen LogP contribution in [0, 0.1) is 11.3 Å². The molecule has 5 heteroatoms. The third kappa shape index (κ3) is 6.43. The van der Waals surface area contributed by atoms with E-state index in [9.17, 15) is 19.8 Å². The minimum absolute atomic E-state index is 0.0353. The van der Waals surface area contributed by atoms with Gasteiger partial charge in [-0.3, -0.25) is 4.79 Å². The Kier molecular flexibility index (Phi) is 8.85. The zero-order valence-corrected chi connectivity index (χ0v) is 19.7. The van der Waals surface area contributed by atoms with Gasteiger partial charge in [-0.15, -0.1) is 0 Å². The summed E-state index contributed by atoms with van der Waals surface area (Å²) in [5, 5.41) is 21.7. The van der Waals surface area contributed by atoms with Crippen LogP contribution in [0.1, 0.15) is 74.7 Å². The molecule has 0 saturated heterocycles. The monoisotopic (exact) mass is 418 g/mol. The first-order valence-corrected chi connectivity index (χ1v) is 10.6. The molecule has 1 unspecified atom stereocenters. The van der Waals surface area contributed by atoms with Crippen LogP contribution in [0.25, 0.3) is 0 Å². The van der Waals surface area contributed by atoms with Gasteiger partial charge >= 0.3 is 0 Å². The zero-order chi connectivity index (χ0) is 23.3. The van der Waals surface area contributed by atoms with Crippen LogP contribution in [0.3, 0.4) is 0 Å². The van der Waals surface area contributed by atoms with E-state index in [0.29, 0.717) is 6.42 Å². The smallest absolute Gasteiger partial charge is 0.172 e. The Bertz CT molecular complexity index is 744. The number of rotatable bonds is 10. The Hall–Kier alpha value is -2.14. The molecule has 5 nitrogen and oxygen atoms in total. The van der Waals surface area contributed by atoms with Crippen molar-refractivity contribution in [2.24, 2.45) is 11.3 Å². The lowest BCUT2D eigenvalue weighted by molar-refractivity contribution is -0.119. The predicted molar refractivity (Wildman–Crippen MR) is 120 cm³/mol. The van der Waals surface area contributed by atoms with E-state index >= 15 is 0 Å². The number of allylic oxidation sites excluding steroid dienone is 6. The largest absolute Gasteiger partial charge is 0.510 e. The van der Waals surface area contributed by atoms with E-state index < -0.39 is 23.0 Å². The van der Waals surface area contributed by atoms with E-state index in [1.165, 1.54) is 0 Å². The van der Waals surface area contributed by atoms with Gasteiger partial charge in [0.25, 0.3) is 0 Å².